The fraction of sp³-hybridized carbons (Fsp3) is 0.833. The van der Waals surface area contributed by atoms with E-state index >= 15 is 0 Å². The van der Waals surface area contributed by atoms with E-state index in [4.69, 9.17) is 5.73 Å². The lowest BCUT2D eigenvalue weighted by Gasteiger charge is -2.56. The summed E-state index contributed by atoms with van der Waals surface area (Å²) in [6.45, 7) is 15.2. The Labute approximate surface area is 88.2 Å². The molecule has 0 spiro atoms. The van der Waals surface area contributed by atoms with Gasteiger partial charge in [0, 0.05) is 22.8 Å². The second-order valence-electron chi connectivity index (χ2n) is 5.86. The quantitative estimate of drug-likeness (QED) is 0.698. The van der Waals surface area contributed by atoms with Crippen LogP contribution in [0.15, 0.2) is 12.3 Å². The zero-order valence-corrected chi connectivity index (χ0v) is 10.2. The number of piperidine rings is 1. The average molecular weight is 196 g/mol. The maximum Gasteiger partial charge on any atom is 0.0363 e. The molecule has 0 unspecified atom stereocenters. The Morgan fingerprint density at radius 2 is 1.57 bits per heavy atom. The second kappa shape index (κ2) is 3.27. The van der Waals surface area contributed by atoms with E-state index in [0.29, 0.717) is 6.04 Å². The van der Waals surface area contributed by atoms with Gasteiger partial charge in [0.15, 0.2) is 0 Å². The van der Waals surface area contributed by atoms with Crippen LogP contribution < -0.4 is 5.73 Å². The molecule has 0 radical (unpaired) electrons. The number of hydrogen-bond donors (Lipinski definition) is 1. The second-order valence-corrected chi connectivity index (χ2v) is 5.86. The number of rotatable bonds is 1. The van der Waals surface area contributed by atoms with Gasteiger partial charge in [0.05, 0.1) is 0 Å². The Kier molecular flexibility index (Phi) is 2.70. The van der Waals surface area contributed by atoms with E-state index in [9.17, 15) is 0 Å². The molecule has 0 aromatic rings. The van der Waals surface area contributed by atoms with Crippen LogP contribution in [0.3, 0.4) is 0 Å². The summed E-state index contributed by atoms with van der Waals surface area (Å²) in [4.78, 5) is 2.42. The van der Waals surface area contributed by atoms with Crippen molar-refractivity contribution in [2.24, 2.45) is 5.73 Å². The van der Waals surface area contributed by atoms with Gasteiger partial charge in [-0.3, -0.25) is 0 Å². The minimum Gasteiger partial charge on any atom is -0.365 e. The minimum absolute atomic E-state index is 0.132. The summed E-state index contributed by atoms with van der Waals surface area (Å²) in [6.07, 6.45) is 2.09. The Hall–Kier alpha value is -0.500. The van der Waals surface area contributed by atoms with Gasteiger partial charge in [-0.05, 0) is 47.5 Å². The fourth-order valence-electron chi connectivity index (χ4n) is 3.39. The molecule has 0 aromatic carbocycles. The van der Waals surface area contributed by atoms with Crippen LogP contribution in [0.25, 0.3) is 0 Å². The molecule has 2 heteroatoms. The molecule has 0 bridgehead atoms. The van der Waals surface area contributed by atoms with Crippen LogP contribution in [0.5, 0.6) is 0 Å². The molecule has 1 heterocycles. The Morgan fingerprint density at radius 1 is 1.21 bits per heavy atom. The lowest BCUT2D eigenvalue weighted by Crippen LogP contribution is -2.62. The predicted molar refractivity (Wildman–Crippen MR) is 62.0 cm³/mol. The highest BCUT2D eigenvalue weighted by atomic mass is 15.3. The summed E-state index contributed by atoms with van der Waals surface area (Å²) in [7, 11) is 0. The fourth-order valence-corrected chi connectivity index (χ4v) is 3.39. The number of hydrogen-bond acceptors (Lipinski definition) is 2. The molecule has 1 aliphatic heterocycles. The number of allylic oxidation sites excluding steroid dienone is 1. The van der Waals surface area contributed by atoms with Crippen molar-refractivity contribution in [2.45, 2.75) is 64.6 Å². The SMILES string of the molecule is C=C(C)N1C(C)(C)CC(N)CC1(C)C. The molecule has 0 aliphatic carbocycles. The summed E-state index contributed by atoms with van der Waals surface area (Å²) in [6, 6.07) is 0.315. The number of likely N-dealkylation sites (tertiary alicyclic amines) is 1. The van der Waals surface area contributed by atoms with Crippen molar-refractivity contribution < 1.29 is 0 Å². The summed E-state index contributed by atoms with van der Waals surface area (Å²) in [5, 5.41) is 0. The normalized spacial score (nSPS) is 26.3. The summed E-state index contributed by atoms with van der Waals surface area (Å²) in [5.74, 6) is 0. The molecule has 1 fully saturated rings. The number of nitrogens with zero attached hydrogens (tertiary/aromatic N) is 1. The van der Waals surface area contributed by atoms with Gasteiger partial charge in [0.25, 0.3) is 0 Å². The summed E-state index contributed by atoms with van der Waals surface area (Å²) < 4.78 is 0. The molecule has 0 saturated carbocycles. The highest BCUT2D eigenvalue weighted by Gasteiger charge is 2.43. The lowest BCUT2D eigenvalue weighted by molar-refractivity contribution is -0.00262. The monoisotopic (exact) mass is 196 g/mol. The molecule has 1 rings (SSSR count). The lowest BCUT2D eigenvalue weighted by atomic mass is 9.77. The molecule has 0 atom stereocenters. The van der Waals surface area contributed by atoms with E-state index in [2.05, 4.69) is 46.1 Å². The summed E-state index contributed by atoms with van der Waals surface area (Å²) in [5.41, 5.74) is 7.50. The highest BCUT2D eigenvalue weighted by molar-refractivity contribution is 5.10. The average Bonchev–Trinajstić information content (AvgIpc) is 1.75. The van der Waals surface area contributed by atoms with Crippen molar-refractivity contribution in [1.82, 2.24) is 4.90 Å². The molecular weight excluding hydrogens is 172 g/mol. The van der Waals surface area contributed by atoms with Crippen LogP contribution in [0.4, 0.5) is 0 Å². The third-order valence-electron chi connectivity index (χ3n) is 3.12. The highest BCUT2D eigenvalue weighted by Crippen LogP contribution is 2.39. The van der Waals surface area contributed by atoms with Crippen molar-refractivity contribution in [3.8, 4) is 0 Å². The van der Waals surface area contributed by atoms with E-state index in [0.717, 1.165) is 18.5 Å². The number of nitrogens with two attached hydrogens (primary N) is 1. The third kappa shape index (κ3) is 1.95. The van der Waals surface area contributed by atoms with E-state index < -0.39 is 0 Å². The van der Waals surface area contributed by atoms with Gasteiger partial charge >= 0.3 is 0 Å². The summed E-state index contributed by atoms with van der Waals surface area (Å²) >= 11 is 0. The van der Waals surface area contributed by atoms with Crippen molar-refractivity contribution >= 4 is 0 Å². The molecule has 0 aromatic heterocycles. The van der Waals surface area contributed by atoms with Crippen LogP contribution in [0, 0.1) is 0 Å². The largest absolute Gasteiger partial charge is 0.365 e. The van der Waals surface area contributed by atoms with E-state index in [1.807, 2.05) is 0 Å². The first-order valence-corrected chi connectivity index (χ1v) is 5.38. The van der Waals surface area contributed by atoms with E-state index in [-0.39, 0.29) is 11.1 Å². The van der Waals surface area contributed by atoms with Crippen LogP contribution in [0.2, 0.25) is 0 Å². The van der Waals surface area contributed by atoms with Crippen molar-refractivity contribution in [2.75, 3.05) is 0 Å². The minimum atomic E-state index is 0.132. The molecule has 2 N–H and O–H groups in total. The van der Waals surface area contributed by atoms with Crippen molar-refractivity contribution in [3.05, 3.63) is 12.3 Å². The van der Waals surface area contributed by atoms with Crippen LogP contribution in [0.1, 0.15) is 47.5 Å². The maximum absolute atomic E-state index is 6.09. The van der Waals surface area contributed by atoms with Gasteiger partial charge in [-0.15, -0.1) is 0 Å². The Morgan fingerprint density at radius 3 is 1.86 bits per heavy atom. The van der Waals surface area contributed by atoms with Gasteiger partial charge < -0.3 is 10.6 Å². The van der Waals surface area contributed by atoms with Crippen LogP contribution in [-0.2, 0) is 0 Å². The van der Waals surface area contributed by atoms with Crippen LogP contribution >= 0.6 is 0 Å². The predicted octanol–water partition coefficient (Wildman–Crippen LogP) is 2.50. The van der Waals surface area contributed by atoms with E-state index in [1.54, 1.807) is 0 Å². The topological polar surface area (TPSA) is 29.3 Å². The smallest absolute Gasteiger partial charge is 0.0363 e. The first-order valence-electron chi connectivity index (χ1n) is 5.38. The van der Waals surface area contributed by atoms with Gasteiger partial charge in [-0.1, -0.05) is 6.58 Å². The molecule has 2 nitrogen and oxygen atoms in total. The van der Waals surface area contributed by atoms with Crippen molar-refractivity contribution in [3.63, 3.8) is 0 Å². The molecule has 14 heavy (non-hydrogen) atoms. The first-order chi connectivity index (χ1) is 6.17. The zero-order chi connectivity index (χ0) is 11.1. The van der Waals surface area contributed by atoms with E-state index in [1.165, 1.54) is 0 Å². The van der Waals surface area contributed by atoms with Gasteiger partial charge in [0.1, 0.15) is 0 Å². The molecular formula is C12H24N2. The van der Waals surface area contributed by atoms with Gasteiger partial charge in [0.2, 0.25) is 0 Å². The zero-order valence-electron chi connectivity index (χ0n) is 10.2. The Bertz CT molecular complexity index is 223. The third-order valence-corrected chi connectivity index (χ3v) is 3.12. The van der Waals surface area contributed by atoms with Crippen LogP contribution in [-0.4, -0.2) is 22.0 Å². The van der Waals surface area contributed by atoms with Crippen molar-refractivity contribution in [1.29, 1.82) is 0 Å². The standard InChI is InChI=1S/C12H24N2/c1-9(2)14-11(3,4)7-10(13)8-12(14,5)6/h10H,1,7-8,13H2,2-6H3. The first kappa shape index (κ1) is 11.6. The Balaban J connectivity index is 3.03. The molecule has 82 valence electrons. The molecule has 1 aliphatic rings. The molecule has 1 saturated heterocycles. The maximum atomic E-state index is 6.09. The molecule has 0 amide bonds. The van der Waals surface area contributed by atoms with Gasteiger partial charge in [-0.25, -0.2) is 0 Å². The van der Waals surface area contributed by atoms with Gasteiger partial charge in [-0.2, -0.15) is 0 Å².